The molecule has 0 unspecified atom stereocenters. The zero-order valence-corrected chi connectivity index (χ0v) is 10.1. The molecule has 1 aliphatic carbocycles. The molecular formula is C11H14Cl2N2. The lowest BCUT2D eigenvalue weighted by Crippen LogP contribution is -2.12. The number of benzene rings is 1. The van der Waals surface area contributed by atoms with Gasteiger partial charge in [-0.25, -0.2) is 0 Å². The molecule has 1 aromatic carbocycles. The molecule has 4 heteroatoms. The van der Waals surface area contributed by atoms with Crippen LogP contribution in [0.2, 0.25) is 10.0 Å². The summed E-state index contributed by atoms with van der Waals surface area (Å²) in [5.74, 6) is 0. The number of hydrogen-bond donors (Lipinski definition) is 2. The van der Waals surface area contributed by atoms with Crippen LogP contribution in [0.15, 0.2) is 12.1 Å². The molecular weight excluding hydrogens is 231 g/mol. The Balaban J connectivity index is 2.10. The van der Waals surface area contributed by atoms with Crippen molar-refractivity contribution < 1.29 is 0 Å². The van der Waals surface area contributed by atoms with Crippen molar-refractivity contribution in [2.24, 2.45) is 5.41 Å². The van der Waals surface area contributed by atoms with Crippen LogP contribution < -0.4 is 11.1 Å². The third-order valence-electron chi connectivity index (χ3n) is 2.90. The normalized spacial score (nSPS) is 17.5. The Morgan fingerprint density at radius 2 is 1.93 bits per heavy atom. The number of halogens is 2. The Morgan fingerprint density at radius 3 is 2.53 bits per heavy atom. The SMILES string of the molecule is CC1(CNc2cc(Cl)c(Cl)cc2N)CC1. The summed E-state index contributed by atoms with van der Waals surface area (Å²) >= 11 is 11.8. The Hall–Kier alpha value is -0.600. The first kappa shape index (κ1) is 10.9. The van der Waals surface area contributed by atoms with Crippen molar-refractivity contribution in [2.45, 2.75) is 19.8 Å². The van der Waals surface area contributed by atoms with Crippen LogP contribution in [0.4, 0.5) is 11.4 Å². The van der Waals surface area contributed by atoms with Crippen LogP contribution in [0.25, 0.3) is 0 Å². The standard InChI is InChI=1S/C11H14Cl2N2/c1-11(2-3-11)6-15-10-5-8(13)7(12)4-9(10)14/h4-5,15H,2-3,6,14H2,1H3. The first-order chi connectivity index (χ1) is 7.00. The summed E-state index contributed by atoms with van der Waals surface area (Å²) in [5, 5.41) is 4.35. The highest BCUT2D eigenvalue weighted by molar-refractivity contribution is 6.42. The molecule has 82 valence electrons. The average Bonchev–Trinajstić information content (AvgIpc) is 2.89. The van der Waals surface area contributed by atoms with Gasteiger partial charge in [0, 0.05) is 6.54 Å². The number of hydrogen-bond acceptors (Lipinski definition) is 2. The van der Waals surface area contributed by atoms with Gasteiger partial charge in [-0.3, -0.25) is 0 Å². The molecule has 0 heterocycles. The van der Waals surface area contributed by atoms with Crippen molar-refractivity contribution in [1.82, 2.24) is 0 Å². The zero-order valence-electron chi connectivity index (χ0n) is 8.61. The summed E-state index contributed by atoms with van der Waals surface area (Å²) in [4.78, 5) is 0. The van der Waals surface area contributed by atoms with Crippen LogP contribution in [0.5, 0.6) is 0 Å². The van der Waals surface area contributed by atoms with Gasteiger partial charge in [-0.15, -0.1) is 0 Å². The highest BCUT2D eigenvalue weighted by Gasteiger charge is 2.36. The first-order valence-corrected chi connectivity index (χ1v) is 5.74. The zero-order chi connectivity index (χ0) is 11.1. The van der Waals surface area contributed by atoms with E-state index in [0.717, 1.165) is 12.2 Å². The van der Waals surface area contributed by atoms with Gasteiger partial charge in [0.15, 0.2) is 0 Å². The van der Waals surface area contributed by atoms with Gasteiger partial charge < -0.3 is 11.1 Å². The monoisotopic (exact) mass is 244 g/mol. The van der Waals surface area contributed by atoms with Crippen molar-refractivity contribution in [2.75, 3.05) is 17.6 Å². The predicted molar refractivity (Wildman–Crippen MR) is 66.7 cm³/mol. The van der Waals surface area contributed by atoms with Crippen molar-refractivity contribution in [1.29, 1.82) is 0 Å². The second kappa shape index (κ2) is 3.76. The van der Waals surface area contributed by atoms with Crippen LogP contribution >= 0.6 is 23.2 Å². The molecule has 0 aliphatic heterocycles. The highest BCUT2D eigenvalue weighted by atomic mass is 35.5. The van der Waals surface area contributed by atoms with E-state index in [4.69, 9.17) is 28.9 Å². The van der Waals surface area contributed by atoms with Gasteiger partial charge in [0.25, 0.3) is 0 Å². The summed E-state index contributed by atoms with van der Waals surface area (Å²) in [6.45, 7) is 3.20. The number of nitrogens with two attached hydrogens (primary N) is 1. The van der Waals surface area contributed by atoms with Crippen LogP contribution in [-0.4, -0.2) is 6.54 Å². The van der Waals surface area contributed by atoms with Gasteiger partial charge in [0.1, 0.15) is 0 Å². The van der Waals surface area contributed by atoms with E-state index >= 15 is 0 Å². The Morgan fingerprint density at radius 1 is 1.33 bits per heavy atom. The van der Waals surface area contributed by atoms with Gasteiger partial charge in [-0.2, -0.15) is 0 Å². The number of nitrogen functional groups attached to an aromatic ring is 1. The lowest BCUT2D eigenvalue weighted by atomic mass is 10.1. The largest absolute Gasteiger partial charge is 0.397 e. The van der Waals surface area contributed by atoms with Crippen molar-refractivity contribution in [3.8, 4) is 0 Å². The molecule has 1 aliphatic rings. The summed E-state index contributed by atoms with van der Waals surface area (Å²) in [6, 6.07) is 3.46. The molecule has 1 aromatic rings. The van der Waals surface area contributed by atoms with Crippen molar-refractivity contribution in [3.05, 3.63) is 22.2 Å². The third-order valence-corrected chi connectivity index (χ3v) is 3.62. The summed E-state index contributed by atoms with van der Waals surface area (Å²) in [6.07, 6.45) is 2.56. The number of rotatable bonds is 3. The van der Waals surface area contributed by atoms with E-state index < -0.39 is 0 Å². The molecule has 0 atom stereocenters. The van der Waals surface area contributed by atoms with Crippen LogP contribution in [0, 0.1) is 5.41 Å². The Labute approximate surface area is 99.7 Å². The molecule has 0 bridgehead atoms. The highest BCUT2D eigenvalue weighted by Crippen LogP contribution is 2.45. The quantitative estimate of drug-likeness (QED) is 0.795. The van der Waals surface area contributed by atoms with E-state index in [1.807, 2.05) is 0 Å². The molecule has 3 N–H and O–H groups in total. The first-order valence-electron chi connectivity index (χ1n) is 4.99. The Bertz CT molecular complexity index is 386. The lowest BCUT2D eigenvalue weighted by molar-refractivity contribution is 0.611. The summed E-state index contributed by atoms with van der Waals surface area (Å²) < 4.78 is 0. The van der Waals surface area contributed by atoms with E-state index in [0.29, 0.717) is 21.1 Å². The minimum atomic E-state index is 0.443. The molecule has 1 saturated carbocycles. The Kier molecular flexibility index (Phi) is 2.73. The van der Waals surface area contributed by atoms with Gasteiger partial charge in [-0.05, 0) is 30.4 Å². The van der Waals surface area contributed by atoms with Gasteiger partial charge >= 0.3 is 0 Å². The molecule has 15 heavy (non-hydrogen) atoms. The van der Waals surface area contributed by atoms with Crippen molar-refractivity contribution >= 4 is 34.6 Å². The maximum absolute atomic E-state index is 5.92. The van der Waals surface area contributed by atoms with Gasteiger partial charge in [0.05, 0.1) is 21.4 Å². The van der Waals surface area contributed by atoms with Crippen LogP contribution in [-0.2, 0) is 0 Å². The molecule has 0 saturated heterocycles. The molecule has 0 radical (unpaired) electrons. The van der Waals surface area contributed by atoms with E-state index in [1.54, 1.807) is 12.1 Å². The van der Waals surface area contributed by atoms with E-state index in [-0.39, 0.29) is 0 Å². The average molecular weight is 245 g/mol. The molecule has 2 rings (SSSR count). The second-order valence-electron chi connectivity index (χ2n) is 4.52. The fourth-order valence-corrected chi connectivity index (χ4v) is 1.75. The van der Waals surface area contributed by atoms with Crippen LogP contribution in [0.1, 0.15) is 19.8 Å². The predicted octanol–water partition coefficient (Wildman–Crippen LogP) is 3.79. The minimum absolute atomic E-state index is 0.443. The summed E-state index contributed by atoms with van der Waals surface area (Å²) in [5.41, 5.74) is 7.80. The third kappa shape index (κ3) is 2.50. The maximum Gasteiger partial charge on any atom is 0.0614 e. The van der Waals surface area contributed by atoms with Gasteiger partial charge in [0.2, 0.25) is 0 Å². The lowest BCUT2D eigenvalue weighted by Gasteiger charge is -2.14. The number of anilines is 2. The second-order valence-corrected chi connectivity index (χ2v) is 5.33. The fourth-order valence-electron chi connectivity index (χ4n) is 1.41. The fraction of sp³-hybridized carbons (Fsp3) is 0.455. The smallest absolute Gasteiger partial charge is 0.0614 e. The van der Waals surface area contributed by atoms with Gasteiger partial charge in [-0.1, -0.05) is 30.1 Å². The minimum Gasteiger partial charge on any atom is -0.397 e. The van der Waals surface area contributed by atoms with Crippen LogP contribution in [0.3, 0.4) is 0 Å². The molecule has 0 amide bonds. The maximum atomic E-state index is 5.92. The van der Waals surface area contributed by atoms with E-state index in [2.05, 4.69) is 12.2 Å². The van der Waals surface area contributed by atoms with E-state index in [9.17, 15) is 0 Å². The molecule has 0 aromatic heterocycles. The molecule has 2 nitrogen and oxygen atoms in total. The number of nitrogens with one attached hydrogen (secondary N) is 1. The van der Waals surface area contributed by atoms with Crippen molar-refractivity contribution in [3.63, 3.8) is 0 Å². The molecule has 1 fully saturated rings. The topological polar surface area (TPSA) is 38.0 Å². The van der Waals surface area contributed by atoms with E-state index in [1.165, 1.54) is 12.8 Å². The summed E-state index contributed by atoms with van der Waals surface area (Å²) in [7, 11) is 0. The molecule has 0 spiro atoms.